The number of carbonyl (C=O) groups is 1. The van der Waals surface area contributed by atoms with Crippen molar-refractivity contribution in [3.8, 4) is 17.0 Å². The van der Waals surface area contributed by atoms with E-state index in [-0.39, 0.29) is 5.91 Å². The molecule has 4 aromatic rings. The highest BCUT2D eigenvalue weighted by Gasteiger charge is 2.09. The number of aromatic nitrogens is 1. The predicted octanol–water partition coefficient (Wildman–Crippen LogP) is 7.55. The number of nitrogens with one attached hydrogen (secondary N) is 2. The smallest absolute Gasteiger partial charge is 0.255 e. The molecule has 34 heavy (non-hydrogen) atoms. The van der Waals surface area contributed by atoms with Gasteiger partial charge in [-0.25, -0.2) is 4.98 Å². The van der Waals surface area contributed by atoms with E-state index in [9.17, 15) is 4.79 Å². The van der Waals surface area contributed by atoms with Crippen LogP contribution in [0.1, 0.15) is 42.1 Å². The van der Waals surface area contributed by atoms with Crippen LogP contribution in [0.4, 0.5) is 16.5 Å². The number of anilines is 3. The zero-order chi connectivity index (χ0) is 23.8. The summed E-state index contributed by atoms with van der Waals surface area (Å²) >= 11 is 1.53. The third-order valence-electron chi connectivity index (χ3n) is 5.58. The SMILES string of the molecule is CCCCCc1ccc(C(=O)Nc2ccc(-c3csc(Nc4ccccc4OC)n3)cc2)cc1. The topological polar surface area (TPSA) is 63.2 Å². The number of rotatable bonds is 10. The Labute approximate surface area is 204 Å². The van der Waals surface area contributed by atoms with Gasteiger partial charge in [-0.1, -0.05) is 56.2 Å². The summed E-state index contributed by atoms with van der Waals surface area (Å²) in [5, 5.41) is 9.08. The Balaban J connectivity index is 1.36. The highest BCUT2D eigenvalue weighted by Crippen LogP contribution is 2.31. The van der Waals surface area contributed by atoms with Crippen molar-refractivity contribution in [2.45, 2.75) is 32.6 Å². The molecule has 5 nitrogen and oxygen atoms in total. The first-order chi connectivity index (χ1) is 16.7. The lowest BCUT2D eigenvalue weighted by Crippen LogP contribution is -2.11. The third kappa shape index (κ3) is 6.02. The van der Waals surface area contributed by atoms with E-state index in [1.165, 1.54) is 36.2 Å². The summed E-state index contributed by atoms with van der Waals surface area (Å²) in [6, 6.07) is 23.4. The fraction of sp³-hybridized carbons (Fsp3) is 0.214. The number of aryl methyl sites for hydroxylation is 1. The molecule has 0 aliphatic carbocycles. The maximum absolute atomic E-state index is 12.6. The summed E-state index contributed by atoms with van der Waals surface area (Å²) in [6.45, 7) is 2.20. The van der Waals surface area contributed by atoms with Crippen molar-refractivity contribution in [3.05, 3.63) is 89.3 Å². The van der Waals surface area contributed by atoms with Crippen molar-refractivity contribution in [2.24, 2.45) is 0 Å². The van der Waals surface area contributed by atoms with E-state index in [1.807, 2.05) is 78.2 Å². The van der Waals surface area contributed by atoms with Crippen LogP contribution in [0.5, 0.6) is 5.75 Å². The van der Waals surface area contributed by atoms with Crippen molar-refractivity contribution in [3.63, 3.8) is 0 Å². The molecule has 0 aliphatic rings. The second-order valence-corrected chi connectivity index (χ2v) is 8.91. The van der Waals surface area contributed by atoms with Gasteiger partial charge in [-0.2, -0.15) is 0 Å². The second kappa shape index (κ2) is 11.5. The lowest BCUT2D eigenvalue weighted by molar-refractivity contribution is 0.102. The van der Waals surface area contributed by atoms with Gasteiger partial charge in [0.25, 0.3) is 5.91 Å². The minimum absolute atomic E-state index is 0.107. The number of nitrogens with zero attached hydrogens (tertiary/aromatic N) is 1. The first kappa shape index (κ1) is 23.5. The number of benzene rings is 3. The average molecular weight is 472 g/mol. The maximum Gasteiger partial charge on any atom is 0.255 e. The largest absolute Gasteiger partial charge is 0.495 e. The molecule has 0 radical (unpaired) electrons. The van der Waals surface area contributed by atoms with E-state index in [0.29, 0.717) is 5.56 Å². The van der Waals surface area contributed by atoms with Crippen LogP contribution in [0.3, 0.4) is 0 Å². The molecule has 174 valence electrons. The summed E-state index contributed by atoms with van der Waals surface area (Å²) in [4.78, 5) is 17.3. The van der Waals surface area contributed by atoms with Gasteiger partial charge in [-0.15, -0.1) is 11.3 Å². The molecule has 1 amide bonds. The summed E-state index contributed by atoms with van der Waals surface area (Å²) < 4.78 is 5.39. The first-order valence-corrected chi connectivity index (χ1v) is 12.4. The summed E-state index contributed by atoms with van der Waals surface area (Å²) in [5.41, 5.74) is 5.42. The highest BCUT2D eigenvalue weighted by atomic mass is 32.1. The molecule has 1 aromatic heterocycles. The van der Waals surface area contributed by atoms with Crippen LogP contribution in [-0.2, 0) is 6.42 Å². The van der Waals surface area contributed by atoms with Gasteiger partial charge in [0.1, 0.15) is 5.75 Å². The van der Waals surface area contributed by atoms with Crippen LogP contribution in [0.15, 0.2) is 78.2 Å². The van der Waals surface area contributed by atoms with Gasteiger partial charge in [0.2, 0.25) is 0 Å². The molecule has 0 unspecified atom stereocenters. The lowest BCUT2D eigenvalue weighted by Gasteiger charge is -2.08. The minimum atomic E-state index is -0.107. The van der Waals surface area contributed by atoms with Crippen molar-refractivity contribution >= 4 is 33.8 Å². The summed E-state index contributed by atoms with van der Waals surface area (Å²) in [7, 11) is 1.65. The number of para-hydroxylation sites is 2. The molecule has 0 fully saturated rings. The molecule has 0 bridgehead atoms. The average Bonchev–Trinajstić information content (AvgIpc) is 3.34. The number of hydrogen-bond donors (Lipinski definition) is 2. The van der Waals surface area contributed by atoms with Gasteiger partial charge in [0.15, 0.2) is 5.13 Å². The van der Waals surface area contributed by atoms with Crippen molar-refractivity contribution in [1.82, 2.24) is 4.98 Å². The van der Waals surface area contributed by atoms with Gasteiger partial charge in [-0.05, 0) is 54.8 Å². The van der Waals surface area contributed by atoms with E-state index in [1.54, 1.807) is 7.11 Å². The highest BCUT2D eigenvalue weighted by molar-refractivity contribution is 7.14. The number of hydrogen-bond acceptors (Lipinski definition) is 5. The van der Waals surface area contributed by atoms with E-state index in [2.05, 4.69) is 22.5 Å². The fourth-order valence-electron chi connectivity index (χ4n) is 3.66. The molecule has 0 saturated heterocycles. The maximum atomic E-state index is 12.6. The zero-order valence-electron chi connectivity index (χ0n) is 19.5. The molecule has 0 atom stereocenters. The normalized spacial score (nSPS) is 10.6. The van der Waals surface area contributed by atoms with Crippen LogP contribution in [0, 0.1) is 0 Å². The van der Waals surface area contributed by atoms with Gasteiger partial charge in [-0.3, -0.25) is 4.79 Å². The standard InChI is InChI=1S/C28H29N3O2S/c1-3-4-5-8-20-11-13-22(14-12-20)27(32)29-23-17-15-21(16-18-23)25-19-34-28(31-25)30-24-9-6-7-10-26(24)33-2/h6-7,9-19H,3-5,8H2,1-2H3,(H,29,32)(H,30,31). The third-order valence-corrected chi connectivity index (χ3v) is 6.33. The molecule has 2 N–H and O–H groups in total. The van der Waals surface area contributed by atoms with E-state index in [0.717, 1.165) is 39.9 Å². The molecule has 0 aliphatic heterocycles. The Bertz CT molecular complexity index is 1220. The second-order valence-electron chi connectivity index (χ2n) is 8.05. The Hall–Kier alpha value is -3.64. The molecule has 0 saturated carbocycles. The van der Waals surface area contributed by atoms with Crippen LogP contribution in [-0.4, -0.2) is 18.0 Å². The van der Waals surface area contributed by atoms with Gasteiger partial charge in [0, 0.05) is 22.2 Å². The van der Waals surface area contributed by atoms with E-state index in [4.69, 9.17) is 4.74 Å². The van der Waals surface area contributed by atoms with Gasteiger partial charge in [0.05, 0.1) is 18.5 Å². The molecule has 0 spiro atoms. The monoisotopic (exact) mass is 471 g/mol. The van der Waals surface area contributed by atoms with Crippen LogP contribution in [0.25, 0.3) is 11.3 Å². The van der Waals surface area contributed by atoms with Gasteiger partial charge >= 0.3 is 0 Å². The Kier molecular flexibility index (Phi) is 7.94. The van der Waals surface area contributed by atoms with Crippen LogP contribution >= 0.6 is 11.3 Å². The van der Waals surface area contributed by atoms with Gasteiger partial charge < -0.3 is 15.4 Å². The number of unbranched alkanes of at least 4 members (excludes halogenated alkanes) is 2. The molecular formula is C28H29N3O2S. The lowest BCUT2D eigenvalue weighted by atomic mass is 10.0. The number of methoxy groups -OCH3 is 1. The van der Waals surface area contributed by atoms with Crippen molar-refractivity contribution < 1.29 is 9.53 Å². The molecule has 3 aromatic carbocycles. The number of carbonyl (C=O) groups excluding carboxylic acids is 1. The zero-order valence-corrected chi connectivity index (χ0v) is 20.3. The molecular weight excluding hydrogens is 442 g/mol. The number of ether oxygens (including phenoxy) is 1. The quantitative estimate of drug-likeness (QED) is 0.234. The number of amides is 1. The van der Waals surface area contributed by atoms with E-state index < -0.39 is 0 Å². The van der Waals surface area contributed by atoms with Crippen LogP contribution < -0.4 is 15.4 Å². The molecule has 1 heterocycles. The van der Waals surface area contributed by atoms with Crippen molar-refractivity contribution in [2.75, 3.05) is 17.7 Å². The van der Waals surface area contributed by atoms with Crippen LogP contribution in [0.2, 0.25) is 0 Å². The minimum Gasteiger partial charge on any atom is -0.495 e. The van der Waals surface area contributed by atoms with Crippen molar-refractivity contribution in [1.29, 1.82) is 0 Å². The summed E-state index contributed by atoms with van der Waals surface area (Å²) in [5.74, 6) is 0.662. The first-order valence-electron chi connectivity index (χ1n) is 11.5. The Morgan fingerprint density at radius 3 is 2.47 bits per heavy atom. The number of thiazole rings is 1. The molecule has 4 rings (SSSR count). The Morgan fingerprint density at radius 2 is 1.74 bits per heavy atom. The summed E-state index contributed by atoms with van der Waals surface area (Å²) in [6.07, 6.45) is 4.69. The predicted molar refractivity (Wildman–Crippen MR) is 141 cm³/mol. The Morgan fingerprint density at radius 1 is 0.971 bits per heavy atom. The molecule has 6 heteroatoms. The van der Waals surface area contributed by atoms with E-state index >= 15 is 0 Å². The fourth-order valence-corrected chi connectivity index (χ4v) is 4.39.